The predicted molar refractivity (Wildman–Crippen MR) is 68.5 cm³/mol. The highest BCUT2D eigenvalue weighted by atomic mass is 35.5. The van der Waals surface area contributed by atoms with Crippen molar-refractivity contribution in [3.63, 3.8) is 0 Å². The number of rotatable bonds is 6. The number of aliphatic carboxylic acids is 1. The van der Waals surface area contributed by atoms with Gasteiger partial charge >= 0.3 is 5.97 Å². The molecule has 0 bridgehead atoms. The minimum absolute atomic E-state index is 0.0372. The molecule has 1 aromatic carbocycles. The summed E-state index contributed by atoms with van der Waals surface area (Å²) in [5.41, 5.74) is -0.0372. The van der Waals surface area contributed by atoms with Crippen LogP contribution in [0.5, 0.6) is 5.75 Å². The lowest BCUT2D eigenvalue weighted by Gasteiger charge is -2.20. The summed E-state index contributed by atoms with van der Waals surface area (Å²) in [6, 6.07) is 4.01. The van der Waals surface area contributed by atoms with Crippen LogP contribution in [0.25, 0.3) is 0 Å². The van der Waals surface area contributed by atoms with Crippen molar-refractivity contribution in [1.29, 1.82) is 0 Å². The Balaban J connectivity index is 2.97. The van der Waals surface area contributed by atoms with Gasteiger partial charge in [-0.15, -0.1) is 0 Å². The van der Waals surface area contributed by atoms with E-state index in [-0.39, 0.29) is 29.5 Å². The molecule has 1 rings (SSSR count). The lowest BCUT2D eigenvalue weighted by molar-refractivity contribution is -0.137. The van der Waals surface area contributed by atoms with Gasteiger partial charge in [0.1, 0.15) is 12.3 Å². The Labute approximate surface area is 115 Å². The van der Waals surface area contributed by atoms with E-state index >= 15 is 0 Å². The van der Waals surface area contributed by atoms with Gasteiger partial charge in [0.15, 0.2) is 0 Å². The molecule has 0 heterocycles. The molecule has 0 atom stereocenters. The van der Waals surface area contributed by atoms with E-state index in [4.69, 9.17) is 21.4 Å². The largest absolute Gasteiger partial charge is 0.507 e. The molecule has 0 saturated carbocycles. The van der Waals surface area contributed by atoms with Crippen LogP contribution in [0, 0.1) is 0 Å². The molecule has 6 nitrogen and oxygen atoms in total. The molecule has 0 unspecified atom stereocenters. The molecule has 0 aliphatic heterocycles. The number of benzene rings is 1. The summed E-state index contributed by atoms with van der Waals surface area (Å²) in [5.74, 6) is -2.01. The number of hydrogen-bond donors (Lipinski definition) is 2. The van der Waals surface area contributed by atoms with E-state index in [0.717, 1.165) is 4.90 Å². The van der Waals surface area contributed by atoms with E-state index in [0.29, 0.717) is 0 Å². The van der Waals surface area contributed by atoms with Gasteiger partial charge in [-0.1, -0.05) is 11.6 Å². The number of carboxylic acids is 1. The number of amides is 1. The topological polar surface area (TPSA) is 87.1 Å². The first kappa shape index (κ1) is 15.3. The maximum Gasteiger partial charge on any atom is 0.323 e. The monoisotopic (exact) mass is 287 g/mol. The molecule has 1 amide bonds. The number of aromatic hydroxyl groups is 1. The number of carbonyl (C=O) groups is 2. The molecule has 1 aromatic rings. The number of halogens is 1. The van der Waals surface area contributed by atoms with Gasteiger partial charge in [0.2, 0.25) is 0 Å². The van der Waals surface area contributed by atoms with Crippen molar-refractivity contribution < 1.29 is 24.5 Å². The lowest BCUT2D eigenvalue weighted by Crippen LogP contribution is -2.38. The van der Waals surface area contributed by atoms with Crippen LogP contribution in [-0.4, -0.2) is 53.8 Å². The van der Waals surface area contributed by atoms with Gasteiger partial charge in [0.05, 0.1) is 12.2 Å². The Bertz CT molecular complexity index is 477. The zero-order valence-electron chi connectivity index (χ0n) is 10.3. The minimum atomic E-state index is -1.15. The van der Waals surface area contributed by atoms with Crippen LogP contribution >= 0.6 is 11.6 Å². The Morgan fingerprint density at radius 2 is 2.11 bits per heavy atom. The molecule has 0 fully saturated rings. The second kappa shape index (κ2) is 6.96. The molecule has 0 aromatic heterocycles. The van der Waals surface area contributed by atoms with Crippen molar-refractivity contribution in [2.24, 2.45) is 0 Å². The van der Waals surface area contributed by atoms with Gasteiger partial charge in [0.25, 0.3) is 5.91 Å². The molecular weight excluding hydrogens is 274 g/mol. The minimum Gasteiger partial charge on any atom is -0.507 e. The average Bonchev–Trinajstić information content (AvgIpc) is 2.36. The molecule has 0 saturated heterocycles. The number of nitrogens with zero attached hydrogens (tertiary/aromatic N) is 1. The fourth-order valence-electron chi connectivity index (χ4n) is 1.47. The van der Waals surface area contributed by atoms with E-state index < -0.39 is 18.4 Å². The summed E-state index contributed by atoms with van der Waals surface area (Å²) in [7, 11) is 1.44. The van der Waals surface area contributed by atoms with Gasteiger partial charge in [-0.2, -0.15) is 0 Å². The SMILES string of the molecule is COCCN(CC(=O)O)C(=O)c1cc(Cl)ccc1O. The van der Waals surface area contributed by atoms with E-state index in [1.54, 1.807) is 0 Å². The highest BCUT2D eigenvalue weighted by Crippen LogP contribution is 2.22. The maximum atomic E-state index is 12.1. The summed E-state index contributed by atoms with van der Waals surface area (Å²) < 4.78 is 4.82. The quantitative estimate of drug-likeness (QED) is 0.821. The third kappa shape index (κ3) is 4.42. The number of ether oxygens (including phenoxy) is 1. The van der Waals surface area contributed by atoms with Crippen LogP contribution in [0.3, 0.4) is 0 Å². The van der Waals surface area contributed by atoms with E-state index in [2.05, 4.69) is 0 Å². The number of phenols is 1. The first-order valence-corrected chi connectivity index (χ1v) is 5.82. The van der Waals surface area contributed by atoms with Gasteiger partial charge < -0.3 is 19.8 Å². The van der Waals surface area contributed by atoms with Crippen LogP contribution in [0.1, 0.15) is 10.4 Å². The van der Waals surface area contributed by atoms with Crippen molar-refractivity contribution in [2.75, 3.05) is 26.8 Å². The first-order chi connectivity index (χ1) is 8.95. The number of carbonyl (C=O) groups excluding carboxylic acids is 1. The Morgan fingerprint density at radius 1 is 1.42 bits per heavy atom. The third-order valence-electron chi connectivity index (χ3n) is 2.37. The Morgan fingerprint density at radius 3 is 2.68 bits per heavy atom. The van der Waals surface area contributed by atoms with Crippen LogP contribution in [0.2, 0.25) is 5.02 Å². The van der Waals surface area contributed by atoms with Gasteiger partial charge in [-0.05, 0) is 18.2 Å². The zero-order valence-corrected chi connectivity index (χ0v) is 11.1. The Kier molecular flexibility index (Phi) is 5.59. The highest BCUT2D eigenvalue weighted by molar-refractivity contribution is 6.31. The second-order valence-corrected chi connectivity index (χ2v) is 4.21. The van der Waals surface area contributed by atoms with Crippen molar-refractivity contribution in [1.82, 2.24) is 4.90 Å². The second-order valence-electron chi connectivity index (χ2n) is 3.77. The van der Waals surface area contributed by atoms with Crippen LogP contribution in [0.4, 0.5) is 0 Å². The average molecular weight is 288 g/mol. The molecule has 7 heteroatoms. The number of methoxy groups -OCH3 is 1. The molecule has 0 radical (unpaired) electrons. The summed E-state index contributed by atoms with van der Waals surface area (Å²) in [6.45, 7) is -0.178. The van der Waals surface area contributed by atoms with Crippen LogP contribution < -0.4 is 0 Å². The smallest absolute Gasteiger partial charge is 0.323 e. The van der Waals surface area contributed by atoms with Gasteiger partial charge in [0, 0.05) is 18.7 Å². The van der Waals surface area contributed by atoms with Crippen molar-refractivity contribution in [3.8, 4) is 5.75 Å². The molecule has 19 heavy (non-hydrogen) atoms. The fourth-order valence-corrected chi connectivity index (χ4v) is 1.64. The third-order valence-corrected chi connectivity index (χ3v) is 2.60. The molecule has 2 N–H and O–H groups in total. The predicted octanol–water partition coefficient (Wildman–Crippen LogP) is 1.22. The van der Waals surface area contributed by atoms with Gasteiger partial charge in [-0.3, -0.25) is 9.59 Å². The standard InChI is InChI=1S/C12H14ClNO5/c1-19-5-4-14(7-11(16)17)12(18)9-6-8(13)2-3-10(9)15/h2-3,6,15H,4-5,7H2,1H3,(H,16,17). The van der Waals surface area contributed by atoms with Crippen molar-refractivity contribution >= 4 is 23.5 Å². The lowest BCUT2D eigenvalue weighted by atomic mass is 10.1. The first-order valence-electron chi connectivity index (χ1n) is 5.44. The van der Waals surface area contributed by atoms with E-state index in [1.807, 2.05) is 0 Å². The molecule has 0 aliphatic carbocycles. The number of hydrogen-bond acceptors (Lipinski definition) is 4. The molecule has 0 aliphatic rings. The highest BCUT2D eigenvalue weighted by Gasteiger charge is 2.21. The summed E-state index contributed by atoms with van der Waals surface area (Å²) >= 11 is 5.75. The summed E-state index contributed by atoms with van der Waals surface area (Å²) in [4.78, 5) is 24.0. The molecule has 0 spiro atoms. The number of phenolic OH excluding ortho intramolecular Hbond substituents is 1. The van der Waals surface area contributed by atoms with Gasteiger partial charge in [-0.25, -0.2) is 0 Å². The Hall–Kier alpha value is -1.79. The number of carboxylic acid groups (broad SMARTS) is 1. The van der Waals surface area contributed by atoms with Crippen molar-refractivity contribution in [3.05, 3.63) is 28.8 Å². The van der Waals surface area contributed by atoms with Crippen LogP contribution in [0.15, 0.2) is 18.2 Å². The van der Waals surface area contributed by atoms with E-state index in [9.17, 15) is 14.7 Å². The molecule has 104 valence electrons. The summed E-state index contributed by atoms with van der Waals surface area (Å²) in [5, 5.41) is 18.7. The maximum absolute atomic E-state index is 12.1. The molecular formula is C12H14ClNO5. The van der Waals surface area contributed by atoms with E-state index in [1.165, 1.54) is 25.3 Å². The fraction of sp³-hybridized carbons (Fsp3) is 0.333. The normalized spacial score (nSPS) is 10.2. The zero-order chi connectivity index (χ0) is 14.4. The van der Waals surface area contributed by atoms with Crippen LogP contribution in [-0.2, 0) is 9.53 Å². The van der Waals surface area contributed by atoms with Crippen molar-refractivity contribution in [2.45, 2.75) is 0 Å². The summed E-state index contributed by atoms with van der Waals surface area (Å²) in [6.07, 6.45) is 0.